The van der Waals surface area contributed by atoms with Gasteiger partial charge in [0.1, 0.15) is 5.75 Å². The minimum atomic E-state index is -0.0745. The summed E-state index contributed by atoms with van der Waals surface area (Å²) in [5, 5.41) is 22.3. The molecule has 0 amide bonds. The summed E-state index contributed by atoms with van der Waals surface area (Å²) in [6.07, 6.45) is 2.91. The Bertz CT molecular complexity index is 611. The maximum Gasteiger partial charge on any atom is 0.157 e. The highest BCUT2D eigenvalue weighted by Crippen LogP contribution is 2.24. The molecule has 2 aromatic carbocycles. The highest BCUT2D eigenvalue weighted by atomic mass is 16.5. The van der Waals surface area contributed by atoms with Crippen molar-refractivity contribution in [3.05, 3.63) is 53.6 Å². The van der Waals surface area contributed by atoms with E-state index >= 15 is 0 Å². The highest BCUT2D eigenvalue weighted by Gasteiger charge is 2.04. The number of phenols is 2. The number of phenolic OH excluding ortho intramolecular Hbond substituents is 2. The largest absolute Gasteiger partial charge is 0.504 e. The van der Waals surface area contributed by atoms with E-state index in [4.69, 9.17) is 4.74 Å². The molecule has 0 saturated heterocycles. The summed E-state index contributed by atoms with van der Waals surface area (Å²) < 4.78 is 5.16. The molecular formula is C19H25NO3. The second-order valence-electron chi connectivity index (χ2n) is 5.81. The average Bonchev–Trinajstić information content (AvgIpc) is 2.56. The summed E-state index contributed by atoms with van der Waals surface area (Å²) in [5.74, 6) is 0.752. The third-order valence-electron chi connectivity index (χ3n) is 3.97. The van der Waals surface area contributed by atoms with Crippen LogP contribution in [0.2, 0.25) is 0 Å². The van der Waals surface area contributed by atoms with Crippen LogP contribution in [0.15, 0.2) is 42.5 Å². The molecule has 0 radical (unpaired) electrons. The molecule has 1 unspecified atom stereocenters. The molecule has 0 fully saturated rings. The minimum absolute atomic E-state index is 0.0601. The second kappa shape index (κ2) is 8.44. The Hall–Kier alpha value is -2.20. The Kier molecular flexibility index (Phi) is 6.29. The molecule has 4 nitrogen and oxygen atoms in total. The summed E-state index contributed by atoms with van der Waals surface area (Å²) in [5.41, 5.74) is 2.32. The van der Waals surface area contributed by atoms with E-state index in [1.54, 1.807) is 13.2 Å². The standard InChI is InChI=1S/C19H25NO3/c1-14(3-4-15-5-8-17(23-2)9-6-15)20-12-11-16-7-10-18(21)19(22)13-16/h5-10,13-14,20-22H,3-4,11-12H2,1-2H3. The Morgan fingerprint density at radius 3 is 2.30 bits per heavy atom. The summed E-state index contributed by atoms with van der Waals surface area (Å²) >= 11 is 0. The predicted octanol–water partition coefficient (Wildman–Crippen LogP) is 3.26. The normalized spacial score (nSPS) is 12.1. The van der Waals surface area contributed by atoms with Crippen LogP contribution in [0.3, 0.4) is 0 Å². The fraction of sp³-hybridized carbons (Fsp3) is 0.368. The monoisotopic (exact) mass is 315 g/mol. The molecule has 2 aromatic rings. The van der Waals surface area contributed by atoms with Crippen molar-refractivity contribution in [1.82, 2.24) is 5.32 Å². The van der Waals surface area contributed by atoms with Gasteiger partial charge in [-0.15, -0.1) is 0 Å². The van der Waals surface area contributed by atoms with Gasteiger partial charge in [-0.1, -0.05) is 18.2 Å². The van der Waals surface area contributed by atoms with Crippen molar-refractivity contribution in [3.63, 3.8) is 0 Å². The lowest BCUT2D eigenvalue weighted by Crippen LogP contribution is -2.28. The van der Waals surface area contributed by atoms with Gasteiger partial charge in [0.25, 0.3) is 0 Å². The number of ether oxygens (including phenoxy) is 1. The molecule has 0 bridgehead atoms. The van der Waals surface area contributed by atoms with Crippen molar-refractivity contribution >= 4 is 0 Å². The van der Waals surface area contributed by atoms with Gasteiger partial charge in [0, 0.05) is 6.04 Å². The van der Waals surface area contributed by atoms with Crippen LogP contribution in [0, 0.1) is 0 Å². The third kappa shape index (κ3) is 5.49. The third-order valence-corrected chi connectivity index (χ3v) is 3.97. The second-order valence-corrected chi connectivity index (χ2v) is 5.81. The first-order valence-corrected chi connectivity index (χ1v) is 7.95. The molecule has 124 valence electrons. The van der Waals surface area contributed by atoms with E-state index in [1.807, 2.05) is 18.2 Å². The lowest BCUT2D eigenvalue weighted by molar-refractivity contribution is 0.403. The van der Waals surface area contributed by atoms with E-state index in [2.05, 4.69) is 24.4 Å². The van der Waals surface area contributed by atoms with Crippen LogP contribution in [0.25, 0.3) is 0 Å². The molecule has 3 N–H and O–H groups in total. The van der Waals surface area contributed by atoms with Crippen LogP contribution in [0.4, 0.5) is 0 Å². The molecule has 0 saturated carbocycles. The van der Waals surface area contributed by atoms with Crippen LogP contribution in [-0.2, 0) is 12.8 Å². The Morgan fingerprint density at radius 2 is 1.65 bits per heavy atom. The number of rotatable bonds is 8. The number of benzene rings is 2. The topological polar surface area (TPSA) is 61.7 Å². The molecule has 0 spiro atoms. The first kappa shape index (κ1) is 17.2. The van der Waals surface area contributed by atoms with Gasteiger partial charge in [-0.05, 0) is 68.1 Å². The van der Waals surface area contributed by atoms with Gasteiger partial charge in [-0.25, -0.2) is 0 Å². The lowest BCUT2D eigenvalue weighted by Gasteiger charge is -2.14. The van der Waals surface area contributed by atoms with Crippen molar-refractivity contribution in [2.24, 2.45) is 0 Å². The Morgan fingerprint density at radius 1 is 0.957 bits per heavy atom. The van der Waals surface area contributed by atoms with E-state index in [0.29, 0.717) is 6.04 Å². The van der Waals surface area contributed by atoms with Gasteiger partial charge in [0.2, 0.25) is 0 Å². The first-order valence-electron chi connectivity index (χ1n) is 7.95. The van der Waals surface area contributed by atoms with Crippen LogP contribution in [-0.4, -0.2) is 29.9 Å². The first-order chi connectivity index (χ1) is 11.1. The summed E-state index contributed by atoms with van der Waals surface area (Å²) in [6, 6.07) is 13.6. The van der Waals surface area contributed by atoms with E-state index in [1.165, 1.54) is 11.6 Å². The Labute approximate surface area is 137 Å². The number of methoxy groups -OCH3 is 1. The van der Waals surface area contributed by atoms with Crippen molar-refractivity contribution in [1.29, 1.82) is 0 Å². The number of hydrogen-bond acceptors (Lipinski definition) is 4. The molecule has 4 heteroatoms. The van der Waals surface area contributed by atoms with Crippen LogP contribution in [0.5, 0.6) is 17.2 Å². The molecule has 0 heterocycles. The molecule has 0 aliphatic rings. The van der Waals surface area contributed by atoms with Crippen molar-refractivity contribution in [3.8, 4) is 17.2 Å². The Balaban J connectivity index is 1.70. The number of nitrogens with one attached hydrogen (secondary N) is 1. The lowest BCUT2D eigenvalue weighted by atomic mass is 10.1. The molecule has 0 aliphatic heterocycles. The van der Waals surface area contributed by atoms with Gasteiger partial charge in [-0.2, -0.15) is 0 Å². The minimum Gasteiger partial charge on any atom is -0.504 e. The number of aromatic hydroxyl groups is 2. The fourth-order valence-electron chi connectivity index (χ4n) is 2.46. The average molecular weight is 315 g/mol. The maximum atomic E-state index is 9.48. The van der Waals surface area contributed by atoms with E-state index in [0.717, 1.165) is 37.1 Å². The molecular weight excluding hydrogens is 290 g/mol. The van der Waals surface area contributed by atoms with Gasteiger partial charge < -0.3 is 20.3 Å². The van der Waals surface area contributed by atoms with Crippen molar-refractivity contribution in [2.45, 2.75) is 32.2 Å². The van der Waals surface area contributed by atoms with Gasteiger partial charge in [0.15, 0.2) is 11.5 Å². The van der Waals surface area contributed by atoms with Crippen LogP contribution >= 0.6 is 0 Å². The van der Waals surface area contributed by atoms with E-state index in [-0.39, 0.29) is 11.5 Å². The van der Waals surface area contributed by atoms with E-state index in [9.17, 15) is 10.2 Å². The number of hydrogen-bond donors (Lipinski definition) is 3. The molecule has 0 aromatic heterocycles. The zero-order valence-electron chi connectivity index (χ0n) is 13.7. The molecule has 2 rings (SSSR count). The van der Waals surface area contributed by atoms with Crippen molar-refractivity contribution in [2.75, 3.05) is 13.7 Å². The molecule has 23 heavy (non-hydrogen) atoms. The van der Waals surface area contributed by atoms with Crippen LogP contribution in [0.1, 0.15) is 24.5 Å². The van der Waals surface area contributed by atoms with Gasteiger partial charge in [-0.3, -0.25) is 0 Å². The number of aryl methyl sites for hydroxylation is 1. The van der Waals surface area contributed by atoms with Crippen molar-refractivity contribution < 1.29 is 14.9 Å². The quantitative estimate of drug-likeness (QED) is 0.654. The van der Waals surface area contributed by atoms with E-state index < -0.39 is 0 Å². The summed E-state index contributed by atoms with van der Waals surface area (Å²) in [4.78, 5) is 0. The zero-order chi connectivity index (χ0) is 16.7. The van der Waals surface area contributed by atoms with Gasteiger partial charge >= 0.3 is 0 Å². The zero-order valence-corrected chi connectivity index (χ0v) is 13.7. The predicted molar refractivity (Wildman–Crippen MR) is 92.3 cm³/mol. The fourth-order valence-corrected chi connectivity index (χ4v) is 2.46. The maximum absolute atomic E-state index is 9.48. The smallest absolute Gasteiger partial charge is 0.157 e. The summed E-state index contributed by atoms with van der Waals surface area (Å²) in [7, 11) is 1.68. The molecule has 0 aliphatic carbocycles. The van der Waals surface area contributed by atoms with Gasteiger partial charge in [0.05, 0.1) is 7.11 Å². The SMILES string of the molecule is COc1ccc(CCC(C)NCCc2ccc(O)c(O)c2)cc1. The molecule has 1 atom stereocenters. The van der Waals surface area contributed by atoms with Crippen LogP contribution < -0.4 is 10.1 Å². The highest BCUT2D eigenvalue weighted by molar-refractivity contribution is 5.40. The summed E-state index contributed by atoms with van der Waals surface area (Å²) in [6.45, 7) is 3.02.